The highest BCUT2D eigenvalue weighted by Gasteiger charge is 2.30. The SMILES string of the molecule is Cc1ccccc1CN(C(=O)CN(c1ccc(Cl)cc1)S(C)(=O)=O)[C@@H](C)C(=O)NC(C)C. The maximum absolute atomic E-state index is 13.4. The number of sulfonamides is 1. The molecule has 0 saturated heterocycles. The summed E-state index contributed by atoms with van der Waals surface area (Å²) in [6.07, 6.45) is 1.04. The zero-order valence-electron chi connectivity index (χ0n) is 19.0. The van der Waals surface area contributed by atoms with Crippen LogP contribution in [0, 0.1) is 6.92 Å². The molecule has 0 fully saturated rings. The van der Waals surface area contributed by atoms with E-state index < -0.39 is 28.5 Å². The molecule has 0 heterocycles. The third kappa shape index (κ3) is 6.97. The van der Waals surface area contributed by atoms with Gasteiger partial charge in [0.15, 0.2) is 0 Å². The van der Waals surface area contributed by atoms with Gasteiger partial charge < -0.3 is 10.2 Å². The molecule has 2 aromatic carbocycles. The fourth-order valence-electron chi connectivity index (χ4n) is 3.18. The Morgan fingerprint density at radius 3 is 2.16 bits per heavy atom. The van der Waals surface area contributed by atoms with Crippen molar-refractivity contribution in [3.05, 3.63) is 64.7 Å². The smallest absolute Gasteiger partial charge is 0.244 e. The van der Waals surface area contributed by atoms with Crippen LogP contribution in [-0.2, 0) is 26.2 Å². The zero-order valence-corrected chi connectivity index (χ0v) is 20.6. The van der Waals surface area contributed by atoms with E-state index in [0.717, 1.165) is 21.7 Å². The molecule has 0 saturated carbocycles. The van der Waals surface area contributed by atoms with Crippen LogP contribution in [0.1, 0.15) is 31.9 Å². The van der Waals surface area contributed by atoms with E-state index in [9.17, 15) is 18.0 Å². The van der Waals surface area contributed by atoms with E-state index >= 15 is 0 Å². The molecule has 174 valence electrons. The van der Waals surface area contributed by atoms with Gasteiger partial charge in [0.05, 0.1) is 11.9 Å². The van der Waals surface area contributed by atoms with Gasteiger partial charge >= 0.3 is 0 Å². The van der Waals surface area contributed by atoms with Crippen molar-refractivity contribution in [2.24, 2.45) is 0 Å². The number of hydrogen-bond acceptors (Lipinski definition) is 4. The minimum absolute atomic E-state index is 0.0954. The second-order valence-electron chi connectivity index (χ2n) is 8.03. The molecular formula is C23H30ClN3O4S. The number of benzene rings is 2. The van der Waals surface area contributed by atoms with Crippen LogP contribution in [0.2, 0.25) is 5.02 Å². The van der Waals surface area contributed by atoms with Crippen LogP contribution in [0.3, 0.4) is 0 Å². The molecule has 9 heteroatoms. The Kier molecular flexibility index (Phi) is 8.69. The van der Waals surface area contributed by atoms with Crippen LogP contribution in [0.15, 0.2) is 48.5 Å². The van der Waals surface area contributed by atoms with Gasteiger partial charge in [-0.3, -0.25) is 13.9 Å². The van der Waals surface area contributed by atoms with Crippen molar-refractivity contribution in [3.8, 4) is 0 Å². The Morgan fingerprint density at radius 2 is 1.62 bits per heavy atom. The van der Waals surface area contributed by atoms with Crippen LogP contribution in [0.25, 0.3) is 0 Å². The minimum Gasteiger partial charge on any atom is -0.352 e. The molecule has 32 heavy (non-hydrogen) atoms. The molecular weight excluding hydrogens is 450 g/mol. The Bertz CT molecular complexity index is 1060. The van der Waals surface area contributed by atoms with Gasteiger partial charge in [-0.1, -0.05) is 35.9 Å². The van der Waals surface area contributed by atoms with E-state index in [0.29, 0.717) is 10.7 Å². The van der Waals surface area contributed by atoms with Crippen molar-refractivity contribution in [1.82, 2.24) is 10.2 Å². The van der Waals surface area contributed by atoms with E-state index in [4.69, 9.17) is 11.6 Å². The predicted octanol–water partition coefficient (Wildman–Crippen LogP) is 3.36. The average Bonchev–Trinajstić information content (AvgIpc) is 2.70. The summed E-state index contributed by atoms with van der Waals surface area (Å²) in [6.45, 7) is 6.98. The van der Waals surface area contributed by atoms with Crippen molar-refractivity contribution < 1.29 is 18.0 Å². The molecule has 2 amide bonds. The highest BCUT2D eigenvalue weighted by atomic mass is 35.5. The Labute approximate surface area is 195 Å². The molecule has 1 atom stereocenters. The number of aryl methyl sites for hydroxylation is 1. The molecule has 0 aliphatic carbocycles. The van der Waals surface area contributed by atoms with E-state index in [1.165, 1.54) is 17.0 Å². The maximum Gasteiger partial charge on any atom is 0.244 e. The molecule has 0 spiro atoms. The number of hydrogen-bond donors (Lipinski definition) is 1. The molecule has 0 radical (unpaired) electrons. The summed E-state index contributed by atoms with van der Waals surface area (Å²) in [5, 5.41) is 3.27. The molecule has 2 rings (SSSR count). The number of carbonyl (C=O) groups excluding carboxylic acids is 2. The molecule has 0 unspecified atom stereocenters. The zero-order chi connectivity index (χ0) is 24.1. The molecule has 7 nitrogen and oxygen atoms in total. The highest BCUT2D eigenvalue weighted by Crippen LogP contribution is 2.21. The third-order valence-corrected chi connectivity index (χ3v) is 6.39. The average molecular weight is 480 g/mol. The van der Waals surface area contributed by atoms with Crippen molar-refractivity contribution in [2.75, 3.05) is 17.1 Å². The quantitative estimate of drug-likeness (QED) is 0.597. The van der Waals surface area contributed by atoms with Crippen molar-refractivity contribution >= 4 is 39.1 Å². The lowest BCUT2D eigenvalue weighted by Crippen LogP contribution is -2.52. The molecule has 0 aromatic heterocycles. The lowest BCUT2D eigenvalue weighted by molar-refractivity contribution is -0.139. The monoisotopic (exact) mass is 479 g/mol. The summed E-state index contributed by atoms with van der Waals surface area (Å²) in [4.78, 5) is 27.5. The summed E-state index contributed by atoms with van der Waals surface area (Å²) >= 11 is 5.92. The van der Waals surface area contributed by atoms with Gasteiger partial charge in [0.25, 0.3) is 0 Å². The normalized spacial score (nSPS) is 12.3. The number of amides is 2. The number of nitrogens with one attached hydrogen (secondary N) is 1. The van der Waals surface area contributed by atoms with Crippen molar-refractivity contribution in [3.63, 3.8) is 0 Å². The van der Waals surface area contributed by atoms with Gasteiger partial charge in [0, 0.05) is 17.6 Å². The first-order valence-corrected chi connectivity index (χ1v) is 12.5. The summed E-state index contributed by atoms with van der Waals surface area (Å²) in [6, 6.07) is 12.9. The minimum atomic E-state index is -3.76. The molecule has 2 aromatic rings. The summed E-state index contributed by atoms with van der Waals surface area (Å²) in [5.41, 5.74) is 2.17. The lowest BCUT2D eigenvalue weighted by atomic mass is 10.1. The van der Waals surface area contributed by atoms with Crippen LogP contribution in [0.5, 0.6) is 0 Å². The Balaban J connectivity index is 2.39. The number of anilines is 1. The van der Waals surface area contributed by atoms with E-state index in [-0.39, 0.29) is 18.5 Å². The predicted molar refractivity (Wildman–Crippen MR) is 128 cm³/mol. The number of carbonyl (C=O) groups is 2. The molecule has 1 N–H and O–H groups in total. The van der Waals surface area contributed by atoms with Gasteiger partial charge in [0.1, 0.15) is 12.6 Å². The van der Waals surface area contributed by atoms with Crippen LogP contribution < -0.4 is 9.62 Å². The van der Waals surface area contributed by atoms with E-state index in [2.05, 4.69) is 5.32 Å². The fraction of sp³-hybridized carbons (Fsp3) is 0.391. The second-order valence-corrected chi connectivity index (χ2v) is 10.4. The number of rotatable bonds is 9. The first-order valence-electron chi connectivity index (χ1n) is 10.3. The first kappa shape index (κ1) is 25.7. The second kappa shape index (κ2) is 10.8. The summed E-state index contributed by atoms with van der Waals surface area (Å²) < 4.78 is 26.0. The third-order valence-electron chi connectivity index (χ3n) is 4.99. The van der Waals surface area contributed by atoms with Crippen molar-refractivity contribution in [1.29, 1.82) is 0 Å². The van der Waals surface area contributed by atoms with Gasteiger partial charge in [-0.2, -0.15) is 0 Å². The maximum atomic E-state index is 13.4. The fourth-order valence-corrected chi connectivity index (χ4v) is 4.16. The standard InChI is InChI=1S/C23H30ClN3O4S/c1-16(2)25-23(29)18(4)26(14-19-9-7-6-8-17(19)3)22(28)15-27(32(5,30)31)21-12-10-20(24)11-13-21/h6-13,16,18H,14-15H2,1-5H3,(H,25,29)/t18-/m0/s1. The van der Waals surface area contributed by atoms with Crippen LogP contribution in [0.4, 0.5) is 5.69 Å². The topological polar surface area (TPSA) is 86.8 Å². The largest absolute Gasteiger partial charge is 0.352 e. The van der Waals surface area contributed by atoms with Gasteiger partial charge in [-0.15, -0.1) is 0 Å². The highest BCUT2D eigenvalue weighted by molar-refractivity contribution is 7.92. The Hall–Kier alpha value is -2.58. The van der Waals surface area contributed by atoms with Crippen LogP contribution >= 0.6 is 11.6 Å². The van der Waals surface area contributed by atoms with Crippen molar-refractivity contribution in [2.45, 2.75) is 46.3 Å². The number of nitrogens with zero attached hydrogens (tertiary/aromatic N) is 2. The van der Waals surface area contributed by atoms with Gasteiger partial charge in [0.2, 0.25) is 21.8 Å². The van der Waals surface area contributed by atoms with E-state index in [1.54, 1.807) is 19.1 Å². The number of halogens is 1. The first-order chi connectivity index (χ1) is 14.9. The van der Waals surface area contributed by atoms with E-state index in [1.807, 2.05) is 45.0 Å². The van der Waals surface area contributed by atoms with Gasteiger partial charge in [-0.05, 0) is 63.1 Å². The molecule has 0 aliphatic rings. The summed E-state index contributed by atoms with van der Waals surface area (Å²) in [7, 11) is -3.76. The van der Waals surface area contributed by atoms with Gasteiger partial charge in [-0.25, -0.2) is 8.42 Å². The lowest BCUT2D eigenvalue weighted by Gasteiger charge is -2.32. The Morgan fingerprint density at radius 1 is 1.03 bits per heavy atom. The molecule has 0 bridgehead atoms. The van der Waals surface area contributed by atoms with Crippen LogP contribution in [-0.4, -0.2) is 50.0 Å². The summed E-state index contributed by atoms with van der Waals surface area (Å²) in [5.74, 6) is -0.792. The molecule has 0 aliphatic heterocycles.